The number of benzene rings is 1. The number of rotatable bonds is 4. The van der Waals surface area contributed by atoms with Gasteiger partial charge in [-0.2, -0.15) is 0 Å². The van der Waals surface area contributed by atoms with Gasteiger partial charge in [-0.1, -0.05) is 30.2 Å². The molecule has 1 aromatic carbocycles. The fourth-order valence-corrected chi connectivity index (χ4v) is 2.93. The molecule has 1 aromatic rings. The van der Waals surface area contributed by atoms with Crippen LogP contribution in [0.1, 0.15) is 50.6 Å². The minimum absolute atomic E-state index is 0.165. The van der Waals surface area contributed by atoms with Crippen LogP contribution in [-0.4, -0.2) is 16.8 Å². The molecule has 1 atom stereocenters. The van der Waals surface area contributed by atoms with Crippen LogP contribution in [0.3, 0.4) is 0 Å². The van der Waals surface area contributed by atoms with Gasteiger partial charge in [0.15, 0.2) is 0 Å². The molecule has 2 fully saturated rings. The van der Waals surface area contributed by atoms with Gasteiger partial charge in [-0.25, -0.2) is 0 Å². The SMILES string of the molecule is CC(c1ccc(Cl)cc1)N(C(=O)C1CCC1)C1CC1. The molecule has 0 saturated heterocycles. The molecule has 19 heavy (non-hydrogen) atoms. The minimum Gasteiger partial charge on any atom is -0.333 e. The molecule has 0 aromatic heterocycles. The molecular formula is C16H20ClNO. The Labute approximate surface area is 119 Å². The average molecular weight is 278 g/mol. The monoisotopic (exact) mass is 277 g/mol. The topological polar surface area (TPSA) is 20.3 Å². The van der Waals surface area contributed by atoms with E-state index < -0.39 is 0 Å². The van der Waals surface area contributed by atoms with Crippen LogP contribution in [0.5, 0.6) is 0 Å². The van der Waals surface area contributed by atoms with Crippen LogP contribution in [0.15, 0.2) is 24.3 Å². The van der Waals surface area contributed by atoms with Crippen LogP contribution in [0.2, 0.25) is 5.02 Å². The van der Waals surface area contributed by atoms with Crippen LogP contribution in [-0.2, 0) is 4.79 Å². The van der Waals surface area contributed by atoms with E-state index in [-0.39, 0.29) is 12.0 Å². The maximum atomic E-state index is 12.6. The van der Waals surface area contributed by atoms with E-state index in [1.54, 1.807) is 0 Å². The molecule has 0 spiro atoms. The quantitative estimate of drug-likeness (QED) is 0.808. The van der Waals surface area contributed by atoms with Crippen LogP contribution in [0.25, 0.3) is 0 Å². The molecule has 0 aliphatic heterocycles. The number of carbonyl (C=O) groups is 1. The highest BCUT2D eigenvalue weighted by Gasteiger charge is 2.40. The lowest BCUT2D eigenvalue weighted by Crippen LogP contribution is -2.41. The summed E-state index contributed by atoms with van der Waals surface area (Å²) in [5.41, 5.74) is 1.18. The zero-order valence-electron chi connectivity index (χ0n) is 11.3. The molecule has 2 saturated carbocycles. The van der Waals surface area contributed by atoms with Crippen molar-refractivity contribution < 1.29 is 4.79 Å². The Kier molecular flexibility index (Phi) is 3.53. The summed E-state index contributed by atoms with van der Waals surface area (Å²) in [5, 5.41) is 0.749. The number of carbonyl (C=O) groups excluding carboxylic acids is 1. The van der Waals surface area contributed by atoms with Gasteiger partial charge < -0.3 is 4.90 Å². The molecular weight excluding hydrogens is 258 g/mol. The summed E-state index contributed by atoms with van der Waals surface area (Å²) in [6.07, 6.45) is 5.70. The molecule has 102 valence electrons. The highest BCUT2D eigenvalue weighted by Crippen LogP contribution is 2.39. The van der Waals surface area contributed by atoms with Crippen LogP contribution >= 0.6 is 11.6 Å². The summed E-state index contributed by atoms with van der Waals surface area (Å²) in [6, 6.07) is 8.53. The van der Waals surface area contributed by atoms with Crippen molar-refractivity contribution in [3.8, 4) is 0 Å². The van der Waals surface area contributed by atoms with Crippen molar-refractivity contribution in [1.29, 1.82) is 0 Å². The first kappa shape index (κ1) is 13.0. The molecule has 2 nitrogen and oxygen atoms in total. The Morgan fingerprint density at radius 1 is 1.21 bits per heavy atom. The predicted molar refractivity (Wildman–Crippen MR) is 77.1 cm³/mol. The molecule has 0 bridgehead atoms. The summed E-state index contributed by atoms with van der Waals surface area (Å²) >= 11 is 5.93. The van der Waals surface area contributed by atoms with E-state index in [2.05, 4.69) is 11.8 Å². The van der Waals surface area contributed by atoms with Crippen LogP contribution < -0.4 is 0 Å². The summed E-state index contributed by atoms with van der Waals surface area (Å²) in [7, 11) is 0. The maximum absolute atomic E-state index is 12.6. The fraction of sp³-hybridized carbons (Fsp3) is 0.562. The highest BCUT2D eigenvalue weighted by atomic mass is 35.5. The zero-order chi connectivity index (χ0) is 13.4. The van der Waals surface area contributed by atoms with Gasteiger partial charge in [0.1, 0.15) is 0 Å². The molecule has 0 heterocycles. The van der Waals surface area contributed by atoms with Gasteiger partial charge in [-0.3, -0.25) is 4.79 Å². The second kappa shape index (κ2) is 5.16. The maximum Gasteiger partial charge on any atom is 0.226 e. The number of halogens is 1. The first-order valence-corrected chi connectivity index (χ1v) is 7.62. The first-order chi connectivity index (χ1) is 9.16. The van der Waals surface area contributed by atoms with Crippen LogP contribution in [0.4, 0.5) is 0 Å². The lowest BCUT2D eigenvalue weighted by atomic mass is 9.84. The summed E-state index contributed by atoms with van der Waals surface area (Å²) in [4.78, 5) is 14.7. The lowest BCUT2D eigenvalue weighted by molar-refractivity contribution is -0.141. The normalized spacial score (nSPS) is 20.7. The molecule has 1 amide bonds. The molecule has 1 unspecified atom stereocenters. The number of nitrogens with zero attached hydrogens (tertiary/aromatic N) is 1. The van der Waals surface area contributed by atoms with E-state index in [1.807, 2.05) is 24.3 Å². The fourth-order valence-electron chi connectivity index (χ4n) is 2.81. The third-order valence-electron chi connectivity index (χ3n) is 4.42. The number of amides is 1. The van der Waals surface area contributed by atoms with E-state index in [4.69, 9.17) is 11.6 Å². The zero-order valence-corrected chi connectivity index (χ0v) is 12.1. The molecule has 3 heteroatoms. The highest BCUT2D eigenvalue weighted by molar-refractivity contribution is 6.30. The summed E-state index contributed by atoms with van der Waals surface area (Å²) in [6.45, 7) is 2.14. The summed E-state index contributed by atoms with van der Waals surface area (Å²) < 4.78 is 0. The largest absolute Gasteiger partial charge is 0.333 e. The molecule has 0 N–H and O–H groups in total. The van der Waals surface area contributed by atoms with E-state index in [9.17, 15) is 4.79 Å². The van der Waals surface area contributed by atoms with Crippen molar-refractivity contribution in [3.05, 3.63) is 34.9 Å². The minimum atomic E-state index is 0.165. The Morgan fingerprint density at radius 3 is 2.32 bits per heavy atom. The lowest BCUT2D eigenvalue weighted by Gasteiger charge is -2.36. The van der Waals surface area contributed by atoms with E-state index in [0.29, 0.717) is 11.9 Å². The summed E-state index contributed by atoms with van der Waals surface area (Å²) in [5.74, 6) is 0.659. The van der Waals surface area contributed by atoms with Gasteiger partial charge in [0.25, 0.3) is 0 Å². The molecule has 2 aliphatic carbocycles. The van der Waals surface area contributed by atoms with Crippen molar-refractivity contribution in [2.45, 2.75) is 51.1 Å². The Balaban J connectivity index is 1.79. The number of hydrogen-bond donors (Lipinski definition) is 0. The number of hydrogen-bond acceptors (Lipinski definition) is 1. The second-order valence-corrected chi connectivity index (χ2v) is 6.27. The van der Waals surface area contributed by atoms with E-state index in [0.717, 1.165) is 30.7 Å². The molecule has 0 radical (unpaired) electrons. The smallest absolute Gasteiger partial charge is 0.226 e. The van der Waals surface area contributed by atoms with Gasteiger partial charge in [-0.05, 0) is 50.3 Å². The van der Waals surface area contributed by atoms with Crippen molar-refractivity contribution in [2.75, 3.05) is 0 Å². The van der Waals surface area contributed by atoms with E-state index >= 15 is 0 Å². The standard InChI is InChI=1S/C16H20ClNO/c1-11(12-5-7-14(17)8-6-12)18(15-9-10-15)16(19)13-3-2-4-13/h5-8,11,13,15H,2-4,9-10H2,1H3. The van der Waals surface area contributed by atoms with E-state index in [1.165, 1.54) is 12.0 Å². The Bertz CT molecular complexity index is 462. The Morgan fingerprint density at radius 2 is 1.84 bits per heavy atom. The van der Waals surface area contributed by atoms with Gasteiger partial charge in [0.05, 0.1) is 6.04 Å². The predicted octanol–water partition coefficient (Wildman–Crippen LogP) is 4.19. The van der Waals surface area contributed by atoms with Gasteiger partial charge >= 0.3 is 0 Å². The van der Waals surface area contributed by atoms with Gasteiger partial charge in [0, 0.05) is 17.0 Å². The molecule has 2 aliphatic rings. The van der Waals surface area contributed by atoms with Gasteiger partial charge in [-0.15, -0.1) is 0 Å². The third-order valence-corrected chi connectivity index (χ3v) is 4.67. The van der Waals surface area contributed by atoms with Crippen molar-refractivity contribution >= 4 is 17.5 Å². The van der Waals surface area contributed by atoms with Crippen molar-refractivity contribution in [2.24, 2.45) is 5.92 Å². The van der Waals surface area contributed by atoms with Gasteiger partial charge in [0.2, 0.25) is 5.91 Å². The Hall–Kier alpha value is -1.02. The average Bonchev–Trinajstić information content (AvgIpc) is 3.12. The van der Waals surface area contributed by atoms with Crippen LogP contribution in [0, 0.1) is 5.92 Å². The van der Waals surface area contributed by atoms with Crippen molar-refractivity contribution in [1.82, 2.24) is 4.90 Å². The third kappa shape index (κ3) is 2.64. The second-order valence-electron chi connectivity index (χ2n) is 5.83. The van der Waals surface area contributed by atoms with Crippen molar-refractivity contribution in [3.63, 3.8) is 0 Å². The molecule has 3 rings (SSSR count). The first-order valence-electron chi connectivity index (χ1n) is 7.24.